The fourth-order valence-corrected chi connectivity index (χ4v) is 4.47. The lowest BCUT2D eigenvalue weighted by Crippen LogP contribution is -2.42. The van der Waals surface area contributed by atoms with Crippen LogP contribution in [0.5, 0.6) is 0 Å². The third kappa shape index (κ3) is 3.41. The van der Waals surface area contributed by atoms with Gasteiger partial charge < -0.3 is 5.32 Å². The number of carbonyl (C=O) groups excluding carboxylic acids is 1. The molecule has 1 N–H and O–H groups in total. The summed E-state index contributed by atoms with van der Waals surface area (Å²) >= 11 is 2.03. The Morgan fingerprint density at radius 2 is 2.06 bits per heavy atom. The zero-order valence-electron chi connectivity index (χ0n) is 11.2. The maximum atomic E-state index is 11.2. The molecular weight excluding hydrogens is 218 g/mol. The van der Waals surface area contributed by atoms with Crippen molar-refractivity contribution in [2.24, 2.45) is 11.3 Å². The van der Waals surface area contributed by atoms with E-state index in [1.165, 1.54) is 12.8 Å². The minimum absolute atomic E-state index is 0.112. The van der Waals surface area contributed by atoms with Gasteiger partial charge in [-0.15, -0.1) is 0 Å². The van der Waals surface area contributed by atoms with Crippen LogP contribution < -0.4 is 5.32 Å². The summed E-state index contributed by atoms with van der Waals surface area (Å²) in [6.45, 7) is 10.8. The maximum absolute atomic E-state index is 11.2. The highest BCUT2D eigenvalue weighted by atomic mass is 32.2. The van der Waals surface area contributed by atoms with Crippen molar-refractivity contribution in [3.05, 3.63) is 0 Å². The number of amides is 1. The quantitative estimate of drug-likeness (QED) is 0.825. The molecule has 1 fully saturated rings. The maximum Gasteiger partial charge on any atom is 0.217 e. The lowest BCUT2D eigenvalue weighted by atomic mass is 9.79. The van der Waals surface area contributed by atoms with E-state index in [0.717, 1.165) is 5.75 Å². The van der Waals surface area contributed by atoms with Gasteiger partial charge in [-0.3, -0.25) is 4.79 Å². The largest absolute Gasteiger partial charge is 0.352 e. The van der Waals surface area contributed by atoms with Crippen LogP contribution in [-0.4, -0.2) is 23.0 Å². The van der Waals surface area contributed by atoms with E-state index >= 15 is 0 Å². The van der Waals surface area contributed by atoms with E-state index in [1.54, 1.807) is 6.92 Å². The molecule has 0 aromatic heterocycles. The molecule has 3 heteroatoms. The summed E-state index contributed by atoms with van der Waals surface area (Å²) in [5, 5.41) is 3.79. The lowest BCUT2D eigenvalue weighted by molar-refractivity contribution is -0.119. The molecule has 3 unspecified atom stereocenters. The molecule has 0 bridgehead atoms. The van der Waals surface area contributed by atoms with E-state index < -0.39 is 0 Å². The molecule has 16 heavy (non-hydrogen) atoms. The first-order valence-corrected chi connectivity index (χ1v) is 7.29. The summed E-state index contributed by atoms with van der Waals surface area (Å²) in [7, 11) is 0. The summed E-state index contributed by atoms with van der Waals surface area (Å²) in [4.78, 5) is 11.2. The third-order valence-electron chi connectivity index (χ3n) is 3.23. The van der Waals surface area contributed by atoms with Crippen LogP contribution in [0.4, 0.5) is 0 Å². The van der Waals surface area contributed by atoms with Crippen molar-refractivity contribution >= 4 is 17.7 Å². The molecule has 0 radical (unpaired) electrons. The average molecular weight is 243 g/mol. The molecule has 2 nitrogen and oxygen atoms in total. The Kier molecular flexibility index (Phi) is 4.72. The summed E-state index contributed by atoms with van der Waals surface area (Å²) < 4.78 is 0. The van der Waals surface area contributed by atoms with Gasteiger partial charge in [-0.2, -0.15) is 11.8 Å². The molecule has 0 aliphatic carbocycles. The van der Waals surface area contributed by atoms with Gasteiger partial charge in [-0.05, 0) is 17.8 Å². The smallest absolute Gasteiger partial charge is 0.217 e. The number of hydrogen-bond donors (Lipinski definition) is 1. The van der Waals surface area contributed by atoms with Crippen LogP contribution in [-0.2, 0) is 4.79 Å². The van der Waals surface area contributed by atoms with Gasteiger partial charge in [0.15, 0.2) is 0 Å². The normalized spacial score (nSPS) is 30.4. The predicted molar refractivity (Wildman–Crippen MR) is 71.7 cm³/mol. The zero-order valence-corrected chi connectivity index (χ0v) is 12.0. The second kappa shape index (κ2) is 5.44. The Balaban J connectivity index is 2.72. The van der Waals surface area contributed by atoms with Crippen molar-refractivity contribution in [3.8, 4) is 0 Å². The van der Waals surface area contributed by atoms with E-state index in [0.29, 0.717) is 22.6 Å². The molecule has 1 aliphatic heterocycles. The van der Waals surface area contributed by atoms with Gasteiger partial charge in [0, 0.05) is 24.0 Å². The molecule has 0 aromatic rings. The van der Waals surface area contributed by atoms with Crippen molar-refractivity contribution in [2.75, 3.05) is 5.75 Å². The number of nitrogens with one attached hydrogen (secondary N) is 1. The molecule has 1 rings (SSSR count). The SMILES string of the molecule is CCCC1C(NC(C)=O)CSC1C(C)(C)C. The molecule has 1 heterocycles. The van der Waals surface area contributed by atoms with E-state index in [9.17, 15) is 4.79 Å². The summed E-state index contributed by atoms with van der Waals surface area (Å²) in [5.74, 6) is 1.83. The van der Waals surface area contributed by atoms with Gasteiger partial charge in [0.2, 0.25) is 5.91 Å². The minimum Gasteiger partial charge on any atom is -0.352 e. The Morgan fingerprint density at radius 1 is 1.44 bits per heavy atom. The zero-order chi connectivity index (χ0) is 12.3. The summed E-state index contributed by atoms with van der Waals surface area (Å²) in [5.41, 5.74) is 0.331. The molecule has 0 aromatic carbocycles. The van der Waals surface area contributed by atoms with Gasteiger partial charge in [0.05, 0.1) is 0 Å². The standard InChI is InChI=1S/C13H25NOS/c1-6-7-10-11(14-9(2)15)8-16-12(10)13(3,4)5/h10-12H,6-8H2,1-5H3,(H,14,15). The van der Waals surface area contributed by atoms with Crippen LogP contribution in [0.2, 0.25) is 0 Å². The number of hydrogen-bond acceptors (Lipinski definition) is 2. The second-order valence-electron chi connectivity index (χ2n) is 5.88. The highest BCUT2D eigenvalue weighted by molar-refractivity contribution is 8.00. The molecule has 3 atom stereocenters. The monoisotopic (exact) mass is 243 g/mol. The Morgan fingerprint density at radius 3 is 2.50 bits per heavy atom. The molecule has 1 aliphatic rings. The first kappa shape index (κ1) is 13.9. The van der Waals surface area contributed by atoms with Crippen molar-refractivity contribution < 1.29 is 4.79 Å². The average Bonchev–Trinajstić information content (AvgIpc) is 2.47. The highest BCUT2D eigenvalue weighted by Gasteiger charge is 2.42. The fraction of sp³-hybridized carbons (Fsp3) is 0.923. The first-order chi connectivity index (χ1) is 7.36. The van der Waals surface area contributed by atoms with Gasteiger partial charge >= 0.3 is 0 Å². The Labute approximate surface area is 104 Å². The van der Waals surface area contributed by atoms with Crippen LogP contribution in [0.25, 0.3) is 0 Å². The number of rotatable bonds is 3. The van der Waals surface area contributed by atoms with Crippen molar-refractivity contribution in [3.63, 3.8) is 0 Å². The second-order valence-corrected chi connectivity index (χ2v) is 7.05. The van der Waals surface area contributed by atoms with Gasteiger partial charge in [0.25, 0.3) is 0 Å². The first-order valence-electron chi connectivity index (χ1n) is 6.25. The third-order valence-corrected chi connectivity index (χ3v) is 5.19. The van der Waals surface area contributed by atoms with Gasteiger partial charge in [-0.25, -0.2) is 0 Å². The number of thioether (sulfide) groups is 1. The predicted octanol–water partition coefficient (Wildman–Crippen LogP) is 3.07. The fourth-order valence-electron chi connectivity index (χ4n) is 2.65. The Bertz CT molecular complexity index is 247. The molecular formula is C13H25NOS. The molecule has 94 valence electrons. The molecule has 1 saturated heterocycles. The molecule has 1 amide bonds. The van der Waals surface area contributed by atoms with Crippen LogP contribution in [0.15, 0.2) is 0 Å². The van der Waals surface area contributed by atoms with E-state index in [4.69, 9.17) is 0 Å². The van der Waals surface area contributed by atoms with Crippen molar-refractivity contribution in [1.29, 1.82) is 0 Å². The highest BCUT2D eigenvalue weighted by Crippen LogP contribution is 2.45. The molecule has 0 saturated carbocycles. The minimum atomic E-state index is 0.112. The topological polar surface area (TPSA) is 29.1 Å². The van der Waals surface area contributed by atoms with Crippen molar-refractivity contribution in [1.82, 2.24) is 5.32 Å². The van der Waals surface area contributed by atoms with Gasteiger partial charge in [-0.1, -0.05) is 34.1 Å². The van der Waals surface area contributed by atoms with Crippen molar-refractivity contribution in [2.45, 2.75) is 58.8 Å². The van der Waals surface area contributed by atoms with E-state index in [-0.39, 0.29) is 5.91 Å². The Hall–Kier alpha value is -0.180. The van der Waals surface area contributed by atoms with Crippen LogP contribution >= 0.6 is 11.8 Å². The van der Waals surface area contributed by atoms with Crippen LogP contribution in [0.3, 0.4) is 0 Å². The summed E-state index contributed by atoms with van der Waals surface area (Å²) in [6, 6.07) is 0.381. The van der Waals surface area contributed by atoms with Crippen LogP contribution in [0, 0.1) is 11.3 Å². The van der Waals surface area contributed by atoms with E-state index in [2.05, 4.69) is 33.0 Å². The van der Waals surface area contributed by atoms with E-state index in [1.807, 2.05) is 11.8 Å². The van der Waals surface area contributed by atoms with Crippen LogP contribution in [0.1, 0.15) is 47.5 Å². The van der Waals surface area contributed by atoms with Gasteiger partial charge in [0.1, 0.15) is 0 Å². The molecule has 0 spiro atoms. The lowest BCUT2D eigenvalue weighted by Gasteiger charge is -2.33. The number of carbonyl (C=O) groups is 1. The summed E-state index contributed by atoms with van der Waals surface area (Å²) in [6.07, 6.45) is 2.42.